The summed E-state index contributed by atoms with van der Waals surface area (Å²) in [5, 5.41) is 0. The highest BCUT2D eigenvalue weighted by molar-refractivity contribution is 5.86. The number of hydrogen-bond acceptors (Lipinski definition) is 4. The van der Waals surface area contributed by atoms with E-state index in [1.807, 2.05) is 6.92 Å². The molecule has 4 aliphatic carbocycles. The average molecular weight is 336 g/mol. The van der Waals surface area contributed by atoms with Gasteiger partial charge in [-0.1, -0.05) is 13.5 Å². The number of carbonyl (C=O) groups is 1. The maximum Gasteiger partial charge on any atom is 0.333 e. The van der Waals surface area contributed by atoms with E-state index >= 15 is 0 Å². The minimum absolute atomic E-state index is 0.243. The molecule has 0 aromatic rings. The van der Waals surface area contributed by atoms with Crippen LogP contribution in [0.1, 0.15) is 59.3 Å². The van der Waals surface area contributed by atoms with Crippen LogP contribution in [-0.2, 0) is 19.0 Å². The molecular weight excluding hydrogens is 304 g/mol. The number of hydrogen-bond donors (Lipinski definition) is 0. The van der Waals surface area contributed by atoms with E-state index in [0.717, 1.165) is 18.4 Å². The average Bonchev–Trinajstić information content (AvgIpc) is 2.47. The molecule has 4 aliphatic rings. The Balaban J connectivity index is 1.39. The van der Waals surface area contributed by atoms with Gasteiger partial charge in [0.2, 0.25) is 0 Å². The number of esters is 1. The minimum Gasteiger partial charge on any atom is -0.460 e. The molecule has 3 unspecified atom stereocenters. The van der Waals surface area contributed by atoms with E-state index in [-0.39, 0.29) is 18.9 Å². The molecule has 0 heterocycles. The van der Waals surface area contributed by atoms with Crippen LogP contribution in [-0.4, -0.2) is 32.1 Å². The molecular formula is C20H32O4. The second-order valence-electron chi connectivity index (χ2n) is 8.94. The lowest BCUT2D eigenvalue weighted by atomic mass is 9.45. The molecule has 0 radical (unpaired) electrons. The molecule has 4 fully saturated rings. The van der Waals surface area contributed by atoms with Gasteiger partial charge in [0.05, 0.1) is 13.2 Å². The van der Waals surface area contributed by atoms with E-state index in [9.17, 15) is 4.79 Å². The first kappa shape index (κ1) is 17.9. The first-order valence-electron chi connectivity index (χ1n) is 9.35. The quantitative estimate of drug-likeness (QED) is 0.290. The van der Waals surface area contributed by atoms with Gasteiger partial charge >= 0.3 is 5.97 Å². The standard InChI is InChI=1S/C20H32O4/c1-14(2)18(21)23-6-5-22-15(3)24-13-20-10-16-7-17(11-20)9-19(4,8-16)12-20/h15-17H,1,5-13H2,2-4H3. The minimum atomic E-state index is -0.367. The van der Waals surface area contributed by atoms with E-state index in [2.05, 4.69) is 13.5 Å². The highest BCUT2D eigenvalue weighted by Gasteiger charge is 2.55. The summed E-state index contributed by atoms with van der Waals surface area (Å²) in [7, 11) is 0. The predicted octanol–water partition coefficient (Wildman–Crippen LogP) is 4.09. The number of carbonyl (C=O) groups excluding carboxylic acids is 1. The van der Waals surface area contributed by atoms with Gasteiger partial charge in [-0.2, -0.15) is 0 Å². The molecule has 4 heteroatoms. The van der Waals surface area contributed by atoms with Crippen LogP contribution < -0.4 is 0 Å². The van der Waals surface area contributed by atoms with Crippen molar-refractivity contribution in [3.05, 3.63) is 12.2 Å². The van der Waals surface area contributed by atoms with Crippen molar-refractivity contribution in [1.29, 1.82) is 0 Å². The molecule has 4 rings (SSSR count). The third kappa shape index (κ3) is 4.02. The fourth-order valence-electron chi connectivity index (χ4n) is 5.91. The summed E-state index contributed by atoms with van der Waals surface area (Å²) in [6, 6.07) is 0. The van der Waals surface area contributed by atoms with Gasteiger partial charge in [-0.05, 0) is 75.0 Å². The van der Waals surface area contributed by atoms with Gasteiger partial charge in [0.15, 0.2) is 6.29 Å². The zero-order valence-corrected chi connectivity index (χ0v) is 15.4. The van der Waals surface area contributed by atoms with Gasteiger partial charge < -0.3 is 14.2 Å². The van der Waals surface area contributed by atoms with Crippen molar-refractivity contribution in [2.75, 3.05) is 19.8 Å². The Bertz CT molecular complexity index is 484. The second-order valence-corrected chi connectivity index (χ2v) is 8.94. The summed E-state index contributed by atoms with van der Waals surface area (Å²) in [4.78, 5) is 11.3. The third-order valence-corrected chi connectivity index (χ3v) is 6.12. The molecule has 4 nitrogen and oxygen atoms in total. The Kier molecular flexibility index (Phi) is 5.08. The van der Waals surface area contributed by atoms with Crippen LogP contribution in [0.5, 0.6) is 0 Å². The van der Waals surface area contributed by atoms with Crippen LogP contribution in [0.3, 0.4) is 0 Å². The predicted molar refractivity (Wildman–Crippen MR) is 92.4 cm³/mol. The van der Waals surface area contributed by atoms with Crippen molar-refractivity contribution in [3.63, 3.8) is 0 Å². The van der Waals surface area contributed by atoms with Gasteiger partial charge in [-0.25, -0.2) is 4.79 Å². The Labute approximate surface area is 145 Å². The summed E-state index contributed by atoms with van der Waals surface area (Å²) in [5.41, 5.74) is 1.34. The van der Waals surface area contributed by atoms with Gasteiger partial charge in [0.1, 0.15) is 6.61 Å². The maximum atomic E-state index is 11.3. The molecule has 0 spiro atoms. The molecule has 4 bridgehead atoms. The van der Waals surface area contributed by atoms with Crippen LogP contribution in [0, 0.1) is 22.7 Å². The maximum absolute atomic E-state index is 11.3. The van der Waals surface area contributed by atoms with Crippen molar-refractivity contribution in [3.8, 4) is 0 Å². The smallest absolute Gasteiger partial charge is 0.333 e. The summed E-state index contributed by atoms with van der Waals surface area (Å²) < 4.78 is 16.7. The molecule has 136 valence electrons. The van der Waals surface area contributed by atoms with E-state index < -0.39 is 0 Å². The van der Waals surface area contributed by atoms with E-state index in [1.54, 1.807) is 6.92 Å². The Morgan fingerprint density at radius 3 is 2.42 bits per heavy atom. The third-order valence-electron chi connectivity index (χ3n) is 6.12. The van der Waals surface area contributed by atoms with Crippen molar-refractivity contribution in [2.24, 2.45) is 22.7 Å². The van der Waals surface area contributed by atoms with Gasteiger partial charge in [-0.15, -0.1) is 0 Å². The highest BCUT2D eigenvalue weighted by atomic mass is 16.7. The normalized spacial score (nSPS) is 38.1. The van der Waals surface area contributed by atoms with Crippen molar-refractivity contribution in [1.82, 2.24) is 0 Å². The van der Waals surface area contributed by atoms with E-state index in [1.165, 1.54) is 38.5 Å². The summed E-state index contributed by atoms with van der Waals surface area (Å²) in [6.07, 6.45) is 8.02. The topological polar surface area (TPSA) is 44.8 Å². The van der Waals surface area contributed by atoms with Crippen LogP contribution in [0.4, 0.5) is 0 Å². The summed E-state index contributed by atoms with van der Waals surface area (Å²) in [5.74, 6) is 1.46. The fourth-order valence-corrected chi connectivity index (χ4v) is 5.91. The molecule has 0 saturated heterocycles. The van der Waals surface area contributed by atoms with Crippen LogP contribution in [0.15, 0.2) is 12.2 Å². The highest BCUT2D eigenvalue weighted by Crippen LogP contribution is 2.65. The Hall–Kier alpha value is -0.870. The number of rotatable bonds is 8. The van der Waals surface area contributed by atoms with Crippen LogP contribution >= 0.6 is 0 Å². The van der Waals surface area contributed by atoms with Crippen molar-refractivity contribution in [2.45, 2.75) is 65.6 Å². The molecule has 4 saturated carbocycles. The van der Waals surface area contributed by atoms with Crippen LogP contribution in [0.2, 0.25) is 0 Å². The van der Waals surface area contributed by atoms with E-state index in [4.69, 9.17) is 14.2 Å². The largest absolute Gasteiger partial charge is 0.460 e. The van der Waals surface area contributed by atoms with Crippen molar-refractivity contribution >= 4 is 5.97 Å². The molecule has 3 atom stereocenters. The van der Waals surface area contributed by atoms with Crippen LogP contribution in [0.25, 0.3) is 0 Å². The summed E-state index contributed by atoms with van der Waals surface area (Å²) >= 11 is 0. The molecule has 0 amide bonds. The monoisotopic (exact) mass is 336 g/mol. The van der Waals surface area contributed by atoms with E-state index in [0.29, 0.717) is 23.0 Å². The van der Waals surface area contributed by atoms with Gasteiger partial charge in [-0.3, -0.25) is 0 Å². The Morgan fingerprint density at radius 1 is 1.17 bits per heavy atom. The lowest BCUT2D eigenvalue weighted by Crippen LogP contribution is -2.52. The first-order valence-corrected chi connectivity index (χ1v) is 9.35. The van der Waals surface area contributed by atoms with Gasteiger partial charge in [0, 0.05) is 5.57 Å². The number of ether oxygens (including phenoxy) is 3. The fraction of sp³-hybridized carbons (Fsp3) is 0.850. The van der Waals surface area contributed by atoms with Crippen molar-refractivity contribution < 1.29 is 19.0 Å². The molecule has 0 aliphatic heterocycles. The second kappa shape index (κ2) is 6.80. The molecule has 24 heavy (non-hydrogen) atoms. The first-order chi connectivity index (χ1) is 11.3. The Morgan fingerprint density at radius 2 is 1.83 bits per heavy atom. The lowest BCUT2D eigenvalue weighted by molar-refractivity contribution is -0.193. The molecule has 0 aromatic carbocycles. The summed E-state index contributed by atoms with van der Waals surface area (Å²) in [6.45, 7) is 11.0. The van der Waals surface area contributed by atoms with Gasteiger partial charge in [0.25, 0.3) is 0 Å². The zero-order chi connectivity index (χ0) is 17.4. The SMILES string of the molecule is C=C(C)C(=O)OCCOC(C)OCC12CC3CC(CC(C)(C3)C1)C2. The lowest BCUT2D eigenvalue weighted by Gasteiger charge is -2.61. The zero-order valence-electron chi connectivity index (χ0n) is 15.4. The molecule has 0 N–H and O–H groups in total. The molecule has 0 aromatic heterocycles.